The molecule has 3 aromatic carbocycles. The Labute approximate surface area is 167 Å². The van der Waals surface area contributed by atoms with E-state index >= 15 is 0 Å². The van der Waals surface area contributed by atoms with E-state index in [1.54, 1.807) is 53.6 Å². The summed E-state index contributed by atoms with van der Waals surface area (Å²) < 4.78 is 0. The Kier molecular flexibility index (Phi) is 4.07. The van der Waals surface area contributed by atoms with Crippen LogP contribution in [0, 0.1) is 5.92 Å². The van der Waals surface area contributed by atoms with Crippen molar-refractivity contribution in [2.24, 2.45) is 5.92 Å². The molecular formula is C23H18N2O4. The van der Waals surface area contributed by atoms with Crippen molar-refractivity contribution in [3.05, 3.63) is 90.5 Å². The SMILES string of the molecule is O=C1[C@@H]2[C@@H](c3ccccc3O)N(c3ccccc3)O[C@H]2C(=O)N1c1ccccc1. The number of phenolic OH excluding ortho intramolecular Hbond substituents is 1. The van der Waals surface area contributed by atoms with E-state index in [1.165, 1.54) is 4.90 Å². The minimum atomic E-state index is -0.951. The van der Waals surface area contributed by atoms with E-state index in [4.69, 9.17) is 4.84 Å². The zero-order chi connectivity index (χ0) is 20.0. The summed E-state index contributed by atoms with van der Waals surface area (Å²) in [4.78, 5) is 33.7. The van der Waals surface area contributed by atoms with Crippen molar-refractivity contribution in [2.75, 3.05) is 9.96 Å². The van der Waals surface area contributed by atoms with Gasteiger partial charge in [-0.15, -0.1) is 0 Å². The average Bonchev–Trinajstić information content (AvgIpc) is 3.26. The van der Waals surface area contributed by atoms with Crippen molar-refractivity contribution in [1.29, 1.82) is 0 Å². The lowest BCUT2D eigenvalue weighted by Gasteiger charge is -2.29. The summed E-state index contributed by atoms with van der Waals surface area (Å²) in [6.45, 7) is 0. The van der Waals surface area contributed by atoms with E-state index in [0.717, 1.165) is 0 Å². The number of carbonyl (C=O) groups excluding carboxylic acids is 2. The van der Waals surface area contributed by atoms with Crippen LogP contribution in [0.15, 0.2) is 84.9 Å². The monoisotopic (exact) mass is 386 g/mol. The number of carbonyl (C=O) groups is 2. The molecule has 1 N–H and O–H groups in total. The highest BCUT2D eigenvalue weighted by Gasteiger charge is 2.60. The van der Waals surface area contributed by atoms with Gasteiger partial charge in [0.05, 0.1) is 17.4 Å². The molecule has 0 aliphatic carbocycles. The van der Waals surface area contributed by atoms with Crippen molar-refractivity contribution in [3.63, 3.8) is 0 Å². The number of hydrogen-bond donors (Lipinski definition) is 1. The number of phenols is 1. The first-order valence-corrected chi connectivity index (χ1v) is 9.38. The number of aromatic hydroxyl groups is 1. The van der Waals surface area contributed by atoms with E-state index < -0.39 is 24.0 Å². The van der Waals surface area contributed by atoms with E-state index in [2.05, 4.69) is 0 Å². The molecule has 0 unspecified atom stereocenters. The molecule has 2 aliphatic heterocycles. The van der Waals surface area contributed by atoms with Crippen LogP contribution in [-0.4, -0.2) is 23.0 Å². The minimum Gasteiger partial charge on any atom is -0.508 e. The zero-order valence-corrected chi connectivity index (χ0v) is 15.4. The van der Waals surface area contributed by atoms with Gasteiger partial charge in [-0.1, -0.05) is 54.6 Å². The minimum absolute atomic E-state index is 0.0566. The summed E-state index contributed by atoms with van der Waals surface area (Å²) in [5.41, 5.74) is 1.77. The molecule has 3 atom stereocenters. The van der Waals surface area contributed by atoms with Crippen LogP contribution in [0.25, 0.3) is 0 Å². The highest BCUT2D eigenvalue weighted by Crippen LogP contribution is 2.49. The molecule has 0 radical (unpaired) electrons. The first-order chi connectivity index (χ1) is 14.2. The van der Waals surface area contributed by atoms with Crippen LogP contribution >= 0.6 is 0 Å². The zero-order valence-electron chi connectivity index (χ0n) is 15.4. The second-order valence-electron chi connectivity index (χ2n) is 7.06. The molecule has 0 bridgehead atoms. The Morgan fingerprint density at radius 2 is 1.31 bits per heavy atom. The van der Waals surface area contributed by atoms with E-state index in [1.807, 2.05) is 36.4 Å². The smallest absolute Gasteiger partial charge is 0.266 e. The number of para-hydroxylation sites is 3. The maximum Gasteiger partial charge on any atom is 0.266 e. The number of amides is 2. The maximum absolute atomic E-state index is 13.4. The molecule has 2 heterocycles. The number of rotatable bonds is 3. The van der Waals surface area contributed by atoms with Crippen LogP contribution < -0.4 is 9.96 Å². The van der Waals surface area contributed by atoms with Crippen LogP contribution in [0.3, 0.4) is 0 Å². The van der Waals surface area contributed by atoms with Crippen molar-refractivity contribution < 1.29 is 19.5 Å². The van der Waals surface area contributed by atoms with Gasteiger partial charge in [-0.05, 0) is 30.3 Å². The molecule has 2 fully saturated rings. The Bertz CT molecular complexity index is 1070. The fourth-order valence-electron chi connectivity index (χ4n) is 4.10. The molecule has 0 saturated carbocycles. The molecular weight excluding hydrogens is 368 g/mol. The number of anilines is 2. The Morgan fingerprint density at radius 3 is 1.97 bits per heavy atom. The molecule has 2 saturated heterocycles. The molecule has 6 nitrogen and oxygen atoms in total. The highest BCUT2D eigenvalue weighted by atomic mass is 16.7. The Balaban J connectivity index is 1.62. The lowest BCUT2D eigenvalue weighted by Crippen LogP contribution is -2.37. The molecule has 2 amide bonds. The summed E-state index contributed by atoms with van der Waals surface area (Å²) in [7, 11) is 0. The summed E-state index contributed by atoms with van der Waals surface area (Å²) in [5, 5.41) is 12.1. The van der Waals surface area contributed by atoms with Gasteiger partial charge in [-0.3, -0.25) is 14.4 Å². The largest absolute Gasteiger partial charge is 0.508 e. The van der Waals surface area contributed by atoms with Gasteiger partial charge in [-0.2, -0.15) is 0 Å². The molecule has 6 heteroatoms. The van der Waals surface area contributed by atoms with E-state index in [-0.39, 0.29) is 11.7 Å². The van der Waals surface area contributed by atoms with Crippen molar-refractivity contribution in [3.8, 4) is 5.75 Å². The van der Waals surface area contributed by atoms with Crippen molar-refractivity contribution in [2.45, 2.75) is 12.1 Å². The summed E-state index contributed by atoms with van der Waals surface area (Å²) in [6, 6.07) is 24.3. The number of hydrogen-bond acceptors (Lipinski definition) is 5. The summed E-state index contributed by atoms with van der Waals surface area (Å²) >= 11 is 0. The van der Waals surface area contributed by atoms with Gasteiger partial charge in [-0.25, -0.2) is 9.96 Å². The Hall–Kier alpha value is -3.64. The predicted octanol–water partition coefficient (Wildman–Crippen LogP) is 3.44. The molecule has 0 aromatic heterocycles. The predicted molar refractivity (Wildman–Crippen MR) is 107 cm³/mol. The fraction of sp³-hybridized carbons (Fsp3) is 0.130. The quantitative estimate of drug-likeness (QED) is 0.699. The van der Waals surface area contributed by atoms with Gasteiger partial charge in [0.25, 0.3) is 5.91 Å². The lowest BCUT2D eigenvalue weighted by atomic mass is 9.90. The fourth-order valence-corrected chi connectivity index (χ4v) is 4.10. The molecule has 2 aliphatic rings. The second kappa shape index (κ2) is 6.76. The van der Waals surface area contributed by atoms with Gasteiger partial charge in [0, 0.05) is 5.56 Å². The summed E-state index contributed by atoms with van der Waals surface area (Å²) in [5.74, 6) is -1.44. The molecule has 5 rings (SSSR count). The topological polar surface area (TPSA) is 70.1 Å². The number of benzene rings is 3. The van der Waals surface area contributed by atoms with Crippen LogP contribution in [0.4, 0.5) is 11.4 Å². The maximum atomic E-state index is 13.4. The highest BCUT2D eigenvalue weighted by molar-refractivity contribution is 6.23. The standard InChI is InChI=1S/C23H18N2O4/c26-18-14-8-7-13-17(18)20-19-21(29-25(20)16-11-5-2-6-12-16)23(28)24(22(19)27)15-9-3-1-4-10-15/h1-14,19-21,26H/t19-,20-,21-/m1/s1. The van der Waals surface area contributed by atoms with Gasteiger partial charge < -0.3 is 5.11 Å². The third-order valence-corrected chi connectivity index (χ3v) is 5.40. The second-order valence-corrected chi connectivity index (χ2v) is 7.06. The van der Waals surface area contributed by atoms with Crippen LogP contribution in [-0.2, 0) is 14.4 Å². The van der Waals surface area contributed by atoms with E-state index in [9.17, 15) is 14.7 Å². The number of fused-ring (bicyclic) bond motifs is 1. The average molecular weight is 386 g/mol. The molecule has 29 heavy (non-hydrogen) atoms. The first-order valence-electron chi connectivity index (χ1n) is 9.38. The summed E-state index contributed by atoms with van der Waals surface area (Å²) in [6.07, 6.45) is -0.951. The van der Waals surface area contributed by atoms with E-state index in [0.29, 0.717) is 16.9 Å². The number of nitrogens with zero attached hydrogens (tertiary/aromatic N) is 2. The van der Waals surface area contributed by atoms with Crippen molar-refractivity contribution in [1.82, 2.24) is 0 Å². The molecule has 3 aromatic rings. The Morgan fingerprint density at radius 1 is 0.724 bits per heavy atom. The number of hydroxylamine groups is 1. The van der Waals surface area contributed by atoms with Crippen LogP contribution in [0.1, 0.15) is 11.6 Å². The lowest BCUT2D eigenvalue weighted by molar-refractivity contribution is -0.126. The third kappa shape index (κ3) is 2.68. The van der Waals surface area contributed by atoms with Gasteiger partial charge in [0.15, 0.2) is 6.10 Å². The van der Waals surface area contributed by atoms with Gasteiger partial charge in [0.1, 0.15) is 11.7 Å². The third-order valence-electron chi connectivity index (χ3n) is 5.40. The normalized spacial score (nSPS) is 23.5. The number of imide groups is 1. The molecule has 144 valence electrons. The van der Waals surface area contributed by atoms with Crippen molar-refractivity contribution >= 4 is 23.2 Å². The first kappa shape index (κ1) is 17.5. The van der Waals surface area contributed by atoms with Crippen LogP contribution in [0.2, 0.25) is 0 Å². The van der Waals surface area contributed by atoms with Crippen LogP contribution in [0.5, 0.6) is 5.75 Å². The van der Waals surface area contributed by atoms with Gasteiger partial charge in [0.2, 0.25) is 5.91 Å². The molecule has 0 spiro atoms. The van der Waals surface area contributed by atoms with Gasteiger partial charge >= 0.3 is 0 Å².